The molecule has 1 aliphatic heterocycles. The molecule has 0 unspecified atom stereocenters. The Bertz CT molecular complexity index is 1090. The van der Waals surface area contributed by atoms with E-state index in [1.54, 1.807) is 24.3 Å². The predicted molar refractivity (Wildman–Crippen MR) is 123 cm³/mol. The molecule has 0 bridgehead atoms. The fourth-order valence-corrected chi connectivity index (χ4v) is 4.26. The number of benzene rings is 2. The highest BCUT2D eigenvalue weighted by Gasteiger charge is 2.27. The highest BCUT2D eigenvalue weighted by Crippen LogP contribution is 2.25. The molecule has 2 heterocycles. The fourth-order valence-electron chi connectivity index (χ4n) is 3.58. The van der Waals surface area contributed by atoms with Gasteiger partial charge < -0.3 is 10.6 Å². The van der Waals surface area contributed by atoms with Gasteiger partial charge in [-0.2, -0.15) is 5.10 Å². The van der Waals surface area contributed by atoms with Crippen LogP contribution in [0.5, 0.6) is 0 Å². The van der Waals surface area contributed by atoms with E-state index in [9.17, 15) is 9.59 Å². The zero-order valence-corrected chi connectivity index (χ0v) is 18.9. The molecule has 0 radical (unpaired) electrons. The van der Waals surface area contributed by atoms with E-state index in [2.05, 4.69) is 53.8 Å². The summed E-state index contributed by atoms with van der Waals surface area (Å²) >= 11 is 9.44. The first-order valence-corrected chi connectivity index (χ1v) is 11.0. The van der Waals surface area contributed by atoms with E-state index in [0.29, 0.717) is 20.9 Å². The molecule has 0 spiro atoms. The Morgan fingerprint density at radius 3 is 2.65 bits per heavy atom. The molecule has 1 aliphatic rings. The number of rotatable bonds is 6. The van der Waals surface area contributed by atoms with Crippen LogP contribution in [0.2, 0.25) is 5.02 Å². The van der Waals surface area contributed by atoms with Gasteiger partial charge in [-0.05, 0) is 40.0 Å². The first kappa shape index (κ1) is 21.5. The van der Waals surface area contributed by atoms with Crippen molar-refractivity contribution in [1.29, 1.82) is 0 Å². The maximum absolute atomic E-state index is 12.7. The Morgan fingerprint density at radius 2 is 1.87 bits per heavy atom. The van der Waals surface area contributed by atoms with Gasteiger partial charge in [0.2, 0.25) is 0 Å². The normalized spacial score (nSPS) is 16.3. The van der Waals surface area contributed by atoms with Crippen molar-refractivity contribution in [3.63, 3.8) is 0 Å². The van der Waals surface area contributed by atoms with Crippen LogP contribution in [0.4, 0.5) is 5.82 Å². The number of H-pyrrole nitrogens is 1. The molecule has 2 aromatic carbocycles. The third-order valence-corrected chi connectivity index (χ3v) is 6.24. The lowest BCUT2D eigenvalue weighted by atomic mass is 10.2. The number of amides is 2. The number of anilines is 1. The average Bonchev–Trinajstić information content (AvgIpc) is 3.35. The topological polar surface area (TPSA) is 90.1 Å². The summed E-state index contributed by atoms with van der Waals surface area (Å²) < 4.78 is 0.393. The number of nitrogens with zero attached hydrogens (tertiary/aromatic N) is 2. The van der Waals surface area contributed by atoms with Gasteiger partial charge in [-0.1, -0.05) is 54.1 Å². The van der Waals surface area contributed by atoms with Crippen LogP contribution >= 0.6 is 27.5 Å². The molecule has 9 heteroatoms. The van der Waals surface area contributed by atoms with Crippen molar-refractivity contribution in [2.45, 2.75) is 19.0 Å². The summed E-state index contributed by atoms with van der Waals surface area (Å²) in [7, 11) is 0. The first-order valence-electron chi connectivity index (χ1n) is 9.88. The molecule has 1 fully saturated rings. The van der Waals surface area contributed by atoms with Crippen molar-refractivity contribution in [3.8, 4) is 0 Å². The molecular weight excluding hydrogens is 482 g/mol. The smallest absolute Gasteiger partial charge is 0.273 e. The second kappa shape index (κ2) is 9.64. The van der Waals surface area contributed by atoms with E-state index in [1.165, 1.54) is 5.56 Å². The molecule has 7 nitrogen and oxygen atoms in total. The predicted octanol–water partition coefficient (Wildman–Crippen LogP) is 4.08. The molecule has 3 aromatic rings. The van der Waals surface area contributed by atoms with Crippen molar-refractivity contribution in [2.24, 2.45) is 0 Å². The SMILES string of the molecule is O=C(Nc1[nH]nc(C(=O)N[C@H]2CCN(Cc3ccccc3)C2)c1Br)c1ccccc1Cl. The van der Waals surface area contributed by atoms with Crippen LogP contribution in [-0.2, 0) is 6.54 Å². The number of likely N-dealkylation sites (tertiary alicyclic amines) is 1. The summed E-state index contributed by atoms with van der Waals surface area (Å²) in [4.78, 5) is 27.5. The molecular formula is C22H21BrClN5O2. The molecule has 2 amide bonds. The summed E-state index contributed by atoms with van der Waals surface area (Å²) in [5.41, 5.74) is 1.78. The summed E-state index contributed by atoms with van der Waals surface area (Å²) in [5.74, 6) is -0.394. The second-order valence-electron chi connectivity index (χ2n) is 7.37. The number of carbonyl (C=O) groups is 2. The van der Waals surface area contributed by atoms with E-state index in [0.717, 1.165) is 26.1 Å². The number of aromatic amines is 1. The summed E-state index contributed by atoms with van der Waals surface area (Å²) in [6, 6.07) is 17.0. The van der Waals surface area contributed by atoms with Gasteiger partial charge in [0.1, 0.15) is 5.82 Å². The van der Waals surface area contributed by atoms with Crippen molar-refractivity contribution in [2.75, 3.05) is 18.4 Å². The van der Waals surface area contributed by atoms with Crippen molar-refractivity contribution >= 4 is 45.2 Å². The average molecular weight is 503 g/mol. The van der Waals surface area contributed by atoms with Crippen molar-refractivity contribution in [1.82, 2.24) is 20.4 Å². The monoisotopic (exact) mass is 501 g/mol. The van der Waals surface area contributed by atoms with Gasteiger partial charge in [-0.15, -0.1) is 0 Å². The lowest BCUT2D eigenvalue weighted by Crippen LogP contribution is -2.37. The zero-order valence-electron chi connectivity index (χ0n) is 16.6. The van der Waals surface area contributed by atoms with Gasteiger partial charge in [0.05, 0.1) is 15.1 Å². The molecule has 0 aliphatic carbocycles. The van der Waals surface area contributed by atoms with E-state index in [-0.39, 0.29) is 17.6 Å². The molecule has 0 saturated carbocycles. The Balaban J connectivity index is 1.35. The van der Waals surface area contributed by atoms with E-state index < -0.39 is 5.91 Å². The molecule has 160 valence electrons. The summed E-state index contributed by atoms with van der Waals surface area (Å²) in [6.07, 6.45) is 0.872. The van der Waals surface area contributed by atoms with Crippen LogP contribution in [0, 0.1) is 0 Å². The molecule has 1 atom stereocenters. The maximum atomic E-state index is 12.7. The summed E-state index contributed by atoms with van der Waals surface area (Å²) in [6.45, 7) is 2.55. The van der Waals surface area contributed by atoms with Crippen LogP contribution < -0.4 is 10.6 Å². The van der Waals surface area contributed by atoms with Gasteiger partial charge in [0, 0.05) is 25.7 Å². The van der Waals surface area contributed by atoms with E-state index >= 15 is 0 Å². The number of nitrogens with one attached hydrogen (secondary N) is 3. The van der Waals surface area contributed by atoms with Crippen LogP contribution in [0.15, 0.2) is 59.1 Å². The minimum Gasteiger partial charge on any atom is -0.347 e. The van der Waals surface area contributed by atoms with Gasteiger partial charge in [0.15, 0.2) is 5.69 Å². The van der Waals surface area contributed by atoms with E-state index in [4.69, 9.17) is 11.6 Å². The standard InChI is InChI=1S/C22H21BrClN5O2/c23-18-19(27-28-20(18)26-21(30)16-8-4-5-9-17(16)24)22(31)25-15-10-11-29(13-15)12-14-6-2-1-3-7-14/h1-9,15H,10-13H2,(H,25,31)(H2,26,27,28,30)/t15-/m0/s1. The fraction of sp³-hybridized carbons (Fsp3) is 0.227. The number of hydrogen-bond donors (Lipinski definition) is 3. The zero-order chi connectivity index (χ0) is 21.8. The molecule has 1 saturated heterocycles. The molecule has 4 rings (SSSR count). The van der Waals surface area contributed by atoms with Gasteiger partial charge in [0.25, 0.3) is 11.8 Å². The van der Waals surface area contributed by atoms with Crippen molar-refractivity contribution in [3.05, 3.63) is 80.9 Å². The van der Waals surface area contributed by atoms with Gasteiger partial charge in [-0.25, -0.2) is 0 Å². The Kier molecular flexibility index (Phi) is 6.70. The third-order valence-electron chi connectivity index (χ3n) is 5.14. The minimum absolute atomic E-state index is 0.0426. The van der Waals surface area contributed by atoms with Crippen LogP contribution in [0.1, 0.15) is 32.8 Å². The van der Waals surface area contributed by atoms with Gasteiger partial charge >= 0.3 is 0 Å². The van der Waals surface area contributed by atoms with Crippen LogP contribution in [-0.4, -0.2) is 46.0 Å². The quantitative estimate of drug-likeness (QED) is 0.474. The van der Waals surface area contributed by atoms with Gasteiger partial charge in [-0.3, -0.25) is 19.6 Å². The number of aromatic nitrogens is 2. The Morgan fingerprint density at radius 1 is 1.13 bits per heavy atom. The largest absolute Gasteiger partial charge is 0.347 e. The van der Waals surface area contributed by atoms with Crippen LogP contribution in [0.25, 0.3) is 0 Å². The second-order valence-corrected chi connectivity index (χ2v) is 8.58. The van der Waals surface area contributed by atoms with Crippen LogP contribution in [0.3, 0.4) is 0 Å². The lowest BCUT2D eigenvalue weighted by molar-refractivity contribution is 0.0931. The summed E-state index contributed by atoms with van der Waals surface area (Å²) in [5, 5.41) is 12.8. The number of hydrogen-bond acceptors (Lipinski definition) is 4. The molecule has 31 heavy (non-hydrogen) atoms. The minimum atomic E-state index is -0.394. The number of carbonyl (C=O) groups excluding carboxylic acids is 2. The number of halogens is 2. The first-order chi connectivity index (χ1) is 15.0. The third kappa shape index (κ3) is 5.15. The highest BCUT2D eigenvalue weighted by atomic mass is 79.9. The lowest BCUT2D eigenvalue weighted by Gasteiger charge is -2.16. The van der Waals surface area contributed by atoms with Crippen molar-refractivity contribution < 1.29 is 9.59 Å². The molecule has 1 aromatic heterocycles. The van der Waals surface area contributed by atoms with E-state index in [1.807, 2.05) is 18.2 Å². The maximum Gasteiger partial charge on any atom is 0.273 e. The Labute approximate surface area is 193 Å². The Hall–Kier alpha value is -2.68. The molecule has 3 N–H and O–H groups in total. The highest BCUT2D eigenvalue weighted by molar-refractivity contribution is 9.10.